The summed E-state index contributed by atoms with van der Waals surface area (Å²) in [6, 6.07) is 12.5. The summed E-state index contributed by atoms with van der Waals surface area (Å²) in [4.78, 5) is 12.3. The molecule has 1 N–H and O–H groups in total. The second-order valence-corrected chi connectivity index (χ2v) is 6.43. The van der Waals surface area contributed by atoms with E-state index in [1.165, 1.54) is 0 Å². The van der Waals surface area contributed by atoms with Crippen LogP contribution in [-0.4, -0.2) is 26.6 Å². The highest BCUT2D eigenvalue weighted by Gasteiger charge is 2.16. The van der Waals surface area contributed by atoms with Gasteiger partial charge in [-0.3, -0.25) is 4.79 Å². The third-order valence-electron chi connectivity index (χ3n) is 4.16. The molecule has 0 saturated carbocycles. The second-order valence-electron chi connectivity index (χ2n) is 5.90. The first-order chi connectivity index (χ1) is 13.3. The minimum Gasteiger partial charge on any atom is -0.454 e. The highest BCUT2D eigenvalue weighted by molar-refractivity contribution is 7.00. The van der Waals surface area contributed by atoms with E-state index in [1.807, 2.05) is 18.2 Å². The molecule has 4 aromatic rings. The van der Waals surface area contributed by atoms with E-state index in [9.17, 15) is 4.79 Å². The lowest BCUT2D eigenvalue weighted by Gasteiger charge is -2.02. The van der Waals surface area contributed by atoms with Crippen LogP contribution < -0.4 is 14.8 Å². The number of nitrogens with zero attached hydrogens (tertiary/aromatic N) is 3. The van der Waals surface area contributed by atoms with Crippen molar-refractivity contribution >= 4 is 28.7 Å². The lowest BCUT2D eigenvalue weighted by molar-refractivity contribution is 0.0950. The fourth-order valence-corrected chi connectivity index (χ4v) is 3.29. The van der Waals surface area contributed by atoms with Crippen LogP contribution in [0.15, 0.2) is 47.0 Å². The van der Waals surface area contributed by atoms with Gasteiger partial charge < -0.3 is 19.3 Å². The monoisotopic (exact) mass is 380 g/mol. The van der Waals surface area contributed by atoms with Gasteiger partial charge in [-0.1, -0.05) is 5.16 Å². The van der Waals surface area contributed by atoms with Crippen molar-refractivity contribution in [3.63, 3.8) is 0 Å². The number of ether oxygens (including phenoxy) is 2. The molecular weight excluding hydrogens is 368 g/mol. The van der Waals surface area contributed by atoms with E-state index >= 15 is 0 Å². The molecule has 5 rings (SSSR count). The zero-order chi connectivity index (χ0) is 18.2. The number of amides is 1. The van der Waals surface area contributed by atoms with Gasteiger partial charge in [0.15, 0.2) is 17.3 Å². The first kappa shape index (κ1) is 15.8. The van der Waals surface area contributed by atoms with Gasteiger partial charge in [-0.15, -0.1) is 0 Å². The van der Waals surface area contributed by atoms with Crippen LogP contribution >= 0.6 is 11.7 Å². The summed E-state index contributed by atoms with van der Waals surface area (Å²) in [6.45, 7) is 0.468. The Bertz CT molecular complexity index is 1150. The zero-order valence-corrected chi connectivity index (χ0v) is 14.7. The molecule has 1 aliphatic rings. The second kappa shape index (κ2) is 6.36. The van der Waals surface area contributed by atoms with Crippen molar-refractivity contribution in [3.05, 3.63) is 53.7 Å². The molecule has 27 heavy (non-hydrogen) atoms. The number of carbonyl (C=O) groups is 1. The summed E-state index contributed by atoms with van der Waals surface area (Å²) in [5.41, 5.74) is 3.45. The zero-order valence-electron chi connectivity index (χ0n) is 13.8. The van der Waals surface area contributed by atoms with Crippen molar-refractivity contribution in [3.8, 4) is 22.8 Å². The van der Waals surface area contributed by atoms with Crippen molar-refractivity contribution in [2.75, 3.05) is 6.79 Å². The van der Waals surface area contributed by atoms with Gasteiger partial charge in [0, 0.05) is 17.2 Å². The third-order valence-corrected chi connectivity index (χ3v) is 4.72. The van der Waals surface area contributed by atoms with Gasteiger partial charge in [0.2, 0.25) is 6.79 Å². The number of hydrogen-bond donors (Lipinski definition) is 1. The predicted molar refractivity (Wildman–Crippen MR) is 96.6 cm³/mol. The Kier molecular flexibility index (Phi) is 3.72. The van der Waals surface area contributed by atoms with Crippen molar-refractivity contribution in [2.24, 2.45) is 0 Å². The van der Waals surface area contributed by atoms with E-state index in [4.69, 9.17) is 14.0 Å². The highest BCUT2D eigenvalue weighted by Crippen LogP contribution is 2.36. The molecule has 9 heteroatoms. The number of fused-ring (bicyclic) bond motifs is 2. The molecule has 2 aromatic heterocycles. The summed E-state index contributed by atoms with van der Waals surface area (Å²) < 4.78 is 24.3. The van der Waals surface area contributed by atoms with E-state index in [1.54, 1.807) is 24.3 Å². The molecule has 0 unspecified atom stereocenters. The maximum atomic E-state index is 12.3. The first-order valence-corrected chi connectivity index (χ1v) is 8.85. The largest absolute Gasteiger partial charge is 0.454 e. The fraction of sp³-hybridized carbons (Fsp3) is 0.111. The van der Waals surface area contributed by atoms with Crippen LogP contribution in [0.4, 0.5) is 0 Å². The van der Waals surface area contributed by atoms with Crippen LogP contribution in [0.1, 0.15) is 16.1 Å². The molecule has 0 fully saturated rings. The van der Waals surface area contributed by atoms with Crippen LogP contribution in [-0.2, 0) is 6.54 Å². The molecule has 0 spiro atoms. The van der Waals surface area contributed by atoms with E-state index in [2.05, 4.69) is 19.2 Å². The first-order valence-electron chi connectivity index (χ1n) is 8.12. The Hall–Kier alpha value is -3.46. The van der Waals surface area contributed by atoms with Gasteiger partial charge >= 0.3 is 0 Å². The molecule has 0 atom stereocenters. The third kappa shape index (κ3) is 2.97. The number of rotatable bonds is 4. The van der Waals surface area contributed by atoms with E-state index in [-0.39, 0.29) is 19.2 Å². The molecule has 0 aliphatic carbocycles. The van der Waals surface area contributed by atoms with Crippen LogP contribution in [0.2, 0.25) is 0 Å². The molecule has 1 amide bonds. The van der Waals surface area contributed by atoms with Gasteiger partial charge in [0.1, 0.15) is 16.7 Å². The number of hydrogen-bond acceptors (Lipinski definition) is 8. The number of aromatic nitrogens is 3. The Balaban J connectivity index is 1.28. The van der Waals surface area contributed by atoms with Crippen molar-refractivity contribution < 1.29 is 18.8 Å². The molecule has 0 bridgehead atoms. The average molecular weight is 380 g/mol. The van der Waals surface area contributed by atoms with Gasteiger partial charge in [0.25, 0.3) is 5.91 Å². The predicted octanol–water partition coefficient (Wildman–Crippen LogP) is 3.01. The summed E-state index contributed by atoms with van der Waals surface area (Å²) in [5.74, 6) is 1.76. The number of nitrogens with one attached hydrogen (secondary N) is 1. The maximum absolute atomic E-state index is 12.3. The molecule has 134 valence electrons. The van der Waals surface area contributed by atoms with Crippen LogP contribution in [0, 0.1) is 0 Å². The molecule has 1 aliphatic heterocycles. The SMILES string of the molecule is O=C(NCc1cc(-c2ccc3c(c2)OCO3)on1)c1ccc2nsnc2c1. The summed E-state index contributed by atoms with van der Waals surface area (Å²) in [6.07, 6.45) is 0. The van der Waals surface area contributed by atoms with Crippen molar-refractivity contribution in [1.82, 2.24) is 19.2 Å². The molecular formula is C18H12N4O4S. The molecule has 3 heterocycles. The Morgan fingerprint density at radius 3 is 2.89 bits per heavy atom. The van der Waals surface area contributed by atoms with Gasteiger partial charge in [-0.2, -0.15) is 8.75 Å². The van der Waals surface area contributed by atoms with E-state index in [0.29, 0.717) is 34.0 Å². The standard InChI is InChI=1S/C18H12N4O4S/c23-18(11-1-3-13-14(5-11)22-27-21-13)19-8-12-7-16(26-20-12)10-2-4-15-17(6-10)25-9-24-15/h1-7H,8-9H2,(H,19,23). The van der Waals surface area contributed by atoms with Crippen molar-refractivity contribution in [1.29, 1.82) is 0 Å². The normalized spacial score (nSPS) is 12.4. The minimum absolute atomic E-state index is 0.211. The van der Waals surface area contributed by atoms with Crippen LogP contribution in [0.5, 0.6) is 11.5 Å². The van der Waals surface area contributed by atoms with Crippen LogP contribution in [0.3, 0.4) is 0 Å². The highest BCUT2D eigenvalue weighted by atomic mass is 32.1. The lowest BCUT2D eigenvalue weighted by Crippen LogP contribution is -2.22. The van der Waals surface area contributed by atoms with Gasteiger partial charge in [-0.05, 0) is 36.4 Å². The van der Waals surface area contributed by atoms with Crippen molar-refractivity contribution in [2.45, 2.75) is 6.54 Å². The molecule has 8 nitrogen and oxygen atoms in total. The number of benzene rings is 2. The summed E-state index contributed by atoms with van der Waals surface area (Å²) >= 11 is 1.12. The molecule has 2 aromatic carbocycles. The smallest absolute Gasteiger partial charge is 0.251 e. The fourth-order valence-electron chi connectivity index (χ4n) is 2.78. The topological polar surface area (TPSA) is 99.4 Å². The summed E-state index contributed by atoms with van der Waals surface area (Å²) in [7, 11) is 0. The number of carbonyl (C=O) groups excluding carboxylic acids is 1. The van der Waals surface area contributed by atoms with Gasteiger partial charge in [0.05, 0.1) is 18.3 Å². The average Bonchev–Trinajstić information content (AvgIpc) is 3.44. The maximum Gasteiger partial charge on any atom is 0.251 e. The Morgan fingerprint density at radius 2 is 1.93 bits per heavy atom. The lowest BCUT2D eigenvalue weighted by atomic mass is 10.1. The van der Waals surface area contributed by atoms with Gasteiger partial charge in [-0.25, -0.2) is 0 Å². The quantitative estimate of drug-likeness (QED) is 0.581. The summed E-state index contributed by atoms with van der Waals surface area (Å²) in [5, 5.41) is 6.84. The molecule has 0 radical (unpaired) electrons. The molecule has 0 saturated heterocycles. The van der Waals surface area contributed by atoms with Crippen LogP contribution in [0.25, 0.3) is 22.4 Å². The Labute approximate surface area is 157 Å². The van der Waals surface area contributed by atoms with E-state index in [0.717, 1.165) is 22.8 Å². The Morgan fingerprint density at radius 1 is 1.04 bits per heavy atom. The minimum atomic E-state index is -0.211. The van der Waals surface area contributed by atoms with E-state index < -0.39 is 0 Å².